The molecule has 712 valence electrons. The van der Waals surface area contributed by atoms with Gasteiger partial charge in [-0.1, -0.05) is 180 Å². The molecule has 7 aliphatic rings. The molecule has 7 saturated heterocycles. The number of rotatable bonds is 54. The van der Waals surface area contributed by atoms with Crippen molar-refractivity contribution < 1.29 is 183 Å². The number of ether oxygens (including phenoxy) is 14. The molecule has 3 amide bonds. The van der Waals surface area contributed by atoms with Gasteiger partial charge in [0.25, 0.3) is 0 Å². The first-order chi connectivity index (χ1) is 58.5. The lowest BCUT2D eigenvalue weighted by Gasteiger charge is -2.52. The van der Waals surface area contributed by atoms with Gasteiger partial charge in [-0.3, -0.25) is 14.4 Å². The first-order valence-corrected chi connectivity index (χ1v) is 44.3. The lowest BCUT2D eigenvalue weighted by Crippen LogP contribution is -2.71. The minimum atomic E-state index is -2.47. The molecule has 40 nitrogen and oxygen atoms in total. The highest BCUT2D eigenvalue weighted by Crippen LogP contribution is 2.40. The fourth-order valence-electron chi connectivity index (χ4n) is 16.5. The lowest BCUT2D eigenvalue weighted by molar-refractivity contribution is -0.404. The van der Waals surface area contributed by atoms with E-state index in [9.17, 15) is 117 Å². The van der Waals surface area contributed by atoms with Gasteiger partial charge in [0.15, 0.2) is 44.0 Å². The molecule has 40 heteroatoms. The quantitative estimate of drug-likeness (QED) is 0.0207. The Balaban J connectivity index is 1.12. The number of allylic oxidation sites excluding steroid dienone is 1. The molecule has 7 aliphatic heterocycles. The number of unbranched alkanes of at least 4 members (excludes halogenated alkanes) is 25. The third kappa shape index (κ3) is 30.7. The third-order valence-corrected chi connectivity index (χ3v) is 23.8. The van der Waals surface area contributed by atoms with Crippen LogP contribution in [0.4, 0.5) is 0 Å². The predicted molar refractivity (Wildman–Crippen MR) is 425 cm³/mol. The average Bonchev–Trinajstić information content (AvgIpc) is 0.760. The summed E-state index contributed by atoms with van der Waals surface area (Å²) in [5, 5.41) is 233. The largest absolute Gasteiger partial charge is 0.394 e. The van der Waals surface area contributed by atoms with E-state index >= 15 is 0 Å². The summed E-state index contributed by atoms with van der Waals surface area (Å²) in [6.07, 6.45) is -33.9. The molecular weight excluding hydrogens is 1620 g/mol. The number of amides is 3. The molecule has 0 spiro atoms. The number of aliphatic hydroxyl groups excluding tert-OH is 20. The molecule has 14 unspecified atom stereocenters. The molecule has 37 atom stereocenters. The summed E-state index contributed by atoms with van der Waals surface area (Å²) < 4.78 is 85.3. The second-order valence-electron chi connectivity index (χ2n) is 33.4. The van der Waals surface area contributed by atoms with Crippen molar-refractivity contribution >= 4 is 17.7 Å². The average molecular weight is 1770 g/mol. The van der Waals surface area contributed by atoms with Crippen molar-refractivity contribution in [3.8, 4) is 0 Å². The monoisotopic (exact) mass is 1770 g/mol. The van der Waals surface area contributed by atoms with E-state index in [1.54, 1.807) is 6.08 Å². The van der Waals surface area contributed by atoms with Gasteiger partial charge < -0.3 is 184 Å². The number of hydrogen-bond acceptors (Lipinski definition) is 37. The van der Waals surface area contributed by atoms with Crippen molar-refractivity contribution in [1.82, 2.24) is 16.0 Å². The van der Waals surface area contributed by atoms with Gasteiger partial charge in [0.2, 0.25) is 17.7 Å². The van der Waals surface area contributed by atoms with E-state index in [-0.39, 0.29) is 12.3 Å². The highest BCUT2D eigenvalue weighted by molar-refractivity contribution is 5.76. The van der Waals surface area contributed by atoms with Crippen LogP contribution in [0.1, 0.15) is 214 Å². The van der Waals surface area contributed by atoms with Gasteiger partial charge in [0, 0.05) is 20.3 Å². The van der Waals surface area contributed by atoms with E-state index < -0.39 is 285 Å². The van der Waals surface area contributed by atoms with Gasteiger partial charge >= 0.3 is 0 Å². The minimum absolute atomic E-state index is 0.133. The second-order valence-corrected chi connectivity index (χ2v) is 33.4. The molecule has 0 bridgehead atoms. The van der Waals surface area contributed by atoms with Crippen molar-refractivity contribution in [2.75, 3.05) is 46.2 Å². The molecule has 122 heavy (non-hydrogen) atoms. The van der Waals surface area contributed by atoms with Gasteiger partial charge in [0.1, 0.15) is 165 Å². The first-order valence-electron chi connectivity index (χ1n) is 44.3. The summed E-state index contributed by atoms with van der Waals surface area (Å²) in [4.78, 5) is 39.8. The van der Waals surface area contributed by atoms with Crippen molar-refractivity contribution in [3.63, 3.8) is 0 Å². The van der Waals surface area contributed by atoms with Gasteiger partial charge in [0.05, 0.1) is 64.5 Å². The Morgan fingerprint density at radius 3 is 1.19 bits per heavy atom. The maximum Gasteiger partial charge on any atom is 0.220 e. The zero-order valence-corrected chi connectivity index (χ0v) is 71.1. The summed E-state index contributed by atoms with van der Waals surface area (Å²) in [5.41, 5.74) is 0. The highest BCUT2D eigenvalue weighted by atomic mass is 16.8. The Hall–Kier alpha value is -3.21. The molecule has 0 saturated carbocycles. The molecule has 0 aromatic heterocycles. The molecule has 0 aromatic rings. The lowest BCUT2D eigenvalue weighted by atomic mass is 9.93. The number of nitrogens with one attached hydrogen (secondary N) is 3. The van der Waals surface area contributed by atoms with Crippen LogP contribution in [-0.4, -0.2) is 393 Å². The molecular formula is C82H147N3O37. The van der Waals surface area contributed by atoms with Crippen LogP contribution < -0.4 is 16.0 Å². The van der Waals surface area contributed by atoms with Crippen LogP contribution in [0.5, 0.6) is 0 Å². The van der Waals surface area contributed by atoms with E-state index in [2.05, 4.69) is 29.8 Å². The van der Waals surface area contributed by atoms with Crippen molar-refractivity contribution in [2.45, 2.75) is 441 Å². The zero-order valence-electron chi connectivity index (χ0n) is 71.1. The summed E-state index contributed by atoms with van der Waals surface area (Å²) in [5.74, 6) is -2.16. The van der Waals surface area contributed by atoms with Crippen LogP contribution in [0.2, 0.25) is 0 Å². The van der Waals surface area contributed by atoms with Crippen LogP contribution in [0.25, 0.3) is 0 Å². The van der Waals surface area contributed by atoms with Crippen LogP contribution in [0, 0.1) is 0 Å². The van der Waals surface area contributed by atoms with Gasteiger partial charge in [-0.05, 0) is 26.2 Å². The molecule has 7 heterocycles. The Bertz CT molecular complexity index is 2910. The fraction of sp³-hybridized carbons (Fsp3) is 0.939. The number of aliphatic hydroxyl groups is 20. The zero-order chi connectivity index (χ0) is 89.3. The SMILES string of the molecule is CCCCCCCCCCCCC/C=C/[C@@H](O)[C@H](CO[C@@H]1OC(CO)[C@@H](O[C@@H]2OC(CO)[C@H](O[C@@H]3OC(CO)[C@H](O)[C@H](O)C3NC(C)=O)[C@H](O[C@H]3OC(CO)[C@H](O)[C@H](O[C@@H]4OC(CO)[C@@H](O[C@@H]5OC(CO)[C@H](O)[C@H](O)C5O)[C@H](O[C@H]5OC(C)[C@@H](O)C(O)[C@@H]5O)C4NC(C)=O)C3O)C2O)[C@H](O)C1O)NC(=O)CCCCCCCCCCCCCCCCC. The number of carbonyl (C=O) groups excluding carboxylic acids is 3. The molecule has 0 aromatic carbocycles. The second kappa shape index (κ2) is 55.1. The van der Waals surface area contributed by atoms with Crippen LogP contribution in [-0.2, 0) is 80.7 Å². The molecule has 7 rings (SSSR count). The normalized spacial score (nSPS) is 38.9. The number of carbonyl (C=O) groups is 3. The van der Waals surface area contributed by atoms with E-state index in [1.165, 1.54) is 110 Å². The molecule has 0 radical (unpaired) electrons. The predicted octanol–water partition coefficient (Wildman–Crippen LogP) is -3.57. The van der Waals surface area contributed by atoms with Crippen molar-refractivity contribution in [3.05, 3.63) is 12.2 Å². The third-order valence-electron chi connectivity index (χ3n) is 23.8. The Labute approximate surface area is 713 Å². The smallest absolute Gasteiger partial charge is 0.220 e. The highest BCUT2D eigenvalue weighted by Gasteiger charge is 2.60. The molecule has 23 N–H and O–H groups in total. The topological polar surface area (TPSA) is 621 Å². The first kappa shape index (κ1) is 106. The van der Waals surface area contributed by atoms with Crippen molar-refractivity contribution in [1.29, 1.82) is 0 Å². The summed E-state index contributed by atoms with van der Waals surface area (Å²) in [6.45, 7) is 0.722. The Kier molecular flexibility index (Phi) is 47.8. The summed E-state index contributed by atoms with van der Waals surface area (Å²) >= 11 is 0. The fourth-order valence-corrected chi connectivity index (χ4v) is 16.5. The maximum atomic E-state index is 13.7. The standard InChI is InChI=1S/C82H147N3O37/c1-6-8-10-12-14-16-18-20-21-23-25-27-29-31-33-35-54(95)85-46(47(94)34-32-30-28-26-24-22-19-17-15-13-11-9-7-2)42-109-78-67(106)64(103)70(51(39-89)115-78)117-82-69(108)75(72(53(41-91)116-82)118-76-55(83-44(4)92)61(100)58(97)48(36-86)111-76)122-81-68(107)74(60(99)50(38-88)113-81)121-77-56(84-45(5)93)73(120-79-65(104)62(101)57(96)43(3)110-79)71(52(40-90)114-77)119-80-66(105)63(102)59(98)49(37-87)112-80/h32,34,43,46-53,55-82,86-91,94,96-108H,6-31,33,35-42H2,1-5H3,(H,83,92)(H,84,93)(H,85,95)/b34-32+/t43?,46-,47+,48?,49?,50?,51?,52?,53?,55?,56?,57+,58-,59-,60-,61+,62?,63-,64+,65-,66?,67?,68?,69?,70+,71+,72-,73+,74-,75+,76-,77-,78+,79+,80-,81+,82-/m0/s1. The van der Waals surface area contributed by atoms with E-state index in [4.69, 9.17) is 66.3 Å². The summed E-state index contributed by atoms with van der Waals surface area (Å²) in [7, 11) is 0. The van der Waals surface area contributed by atoms with Gasteiger partial charge in [-0.25, -0.2) is 0 Å². The van der Waals surface area contributed by atoms with Crippen LogP contribution >= 0.6 is 0 Å². The van der Waals surface area contributed by atoms with Crippen LogP contribution in [0.3, 0.4) is 0 Å². The van der Waals surface area contributed by atoms with Crippen LogP contribution in [0.15, 0.2) is 12.2 Å². The minimum Gasteiger partial charge on any atom is -0.394 e. The Morgan fingerprint density at radius 2 is 0.680 bits per heavy atom. The van der Waals surface area contributed by atoms with E-state index in [0.29, 0.717) is 12.8 Å². The van der Waals surface area contributed by atoms with Gasteiger partial charge in [-0.2, -0.15) is 0 Å². The molecule has 7 fully saturated rings. The summed E-state index contributed by atoms with van der Waals surface area (Å²) in [6, 6.07) is -4.83. The van der Waals surface area contributed by atoms with Gasteiger partial charge in [-0.15, -0.1) is 0 Å². The number of hydrogen-bond donors (Lipinski definition) is 23. The van der Waals surface area contributed by atoms with Crippen molar-refractivity contribution in [2.24, 2.45) is 0 Å². The maximum absolute atomic E-state index is 13.7. The molecule has 0 aliphatic carbocycles. The van der Waals surface area contributed by atoms with E-state index in [1.807, 2.05) is 6.08 Å². The Morgan fingerprint density at radius 1 is 0.336 bits per heavy atom. The van der Waals surface area contributed by atoms with E-state index in [0.717, 1.165) is 71.6 Å².